The van der Waals surface area contributed by atoms with Crippen LogP contribution in [0.15, 0.2) is 36.4 Å². The van der Waals surface area contributed by atoms with Gasteiger partial charge in [0.1, 0.15) is 11.6 Å². The van der Waals surface area contributed by atoms with Crippen molar-refractivity contribution in [1.82, 2.24) is 0 Å². The molecule has 1 heterocycles. The number of ether oxygens (including phenoxy) is 1. The van der Waals surface area contributed by atoms with Crippen molar-refractivity contribution in [3.63, 3.8) is 0 Å². The summed E-state index contributed by atoms with van der Waals surface area (Å²) in [4.78, 5) is 0. The van der Waals surface area contributed by atoms with E-state index < -0.39 is 5.82 Å². The van der Waals surface area contributed by atoms with Crippen molar-refractivity contribution in [2.75, 3.05) is 18.5 Å². The van der Waals surface area contributed by atoms with Gasteiger partial charge in [-0.15, -0.1) is 0 Å². The fraction of sp³-hybridized carbons (Fsp3) is 0.235. The normalized spacial score (nSPS) is 12.4. The molecule has 2 aromatic rings. The summed E-state index contributed by atoms with van der Waals surface area (Å²) in [5.41, 5.74) is 3.22. The monoisotopic (exact) mass is 282 g/mol. The molecule has 106 valence electrons. The van der Waals surface area contributed by atoms with Gasteiger partial charge in [0.05, 0.1) is 23.9 Å². The molecule has 0 aromatic heterocycles. The van der Waals surface area contributed by atoms with Crippen molar-refractivity contribution in [1.29, 1.82) is 5.26 Å². The predicted molar refractivity (Wildman–Crippen MR) is 78.9 cm³/mol. The number of hydrogen-bond donors (Lipinski definition) is 1. The van der Waals surface area contributed by atoms with Crippen LogP contribution in [0.25, 0.3) is 0 Å². The highest BCUT2D eigenvalue weighted by Crippen LogP contribution is 2.26. The van der Waals surface area contributed by atoms with E-state index in [1.807, 2.05) is 18.2 Å². The molecule has 0 bridgehead atoms. The maximum Gasteiger partial charge on any atom is 0.147 e. The molecule has 1 N–H and O–H groups in total. The number of benzene rings is 2. The molecule has 0 unspecified atom stereocenters. The second kappa shape index (κ2) is 5.84. The van der Waals surface area contributed by atoms with E-state index in [0.717, 1.165) is 25.2 Å². The van der Waals surface area contributed by atoms with E-state index in [1.165, 1.54) is 17.2 Å². The summed E-state index contributed by atoms with van der Waals surface area (Å²) in [7, 11) is 0. The molecule has 0 atom stereocenters. The highest BCUT2D eigenvalue weighted by atomic mass is 19.1. The van der Waals surface area contributed by atoms with Gasteiger partial charge in [0, 0.05) is 13.0 Å². The highest BCUT2D eigenvalue weighted by Gasteiger charge is 2.11. The zero-order valence-corrected chi connectivity index (χ0v) is 11.5. The van der Waals surface area contributed by atoms with Gasteiger partial charge in [-0.1, -0.05) is 12.1 Å². The van der Waals surface area contributed by atoms with Crippen LogP contribution < -0.4 is 10.1 Å². The number of rotatable bonds is 4. The molecule has 21 heavy (non-hydrogen) atoms. The first-order chi connectivity index (χ1) is 10.3. The second-order valence-electron chi connectivity index (χ2n) is 5.02. The average Bonchev–Trinajstić information content (AvgIpc) is 2.96. The Kier molecular flexibility index (Phi) is 3.74. The average molecular weight is 282 g/mol. The van der Waals surface area contributed by atoms with Crippen LogP contribution in [-0.2, 0) is 12.8 Å². The van der Waals surface area contributed by atoms with Crippen molar-refractivity contribution in [3.8, 4) is 11.8 Å². The van der Waals surface area contributed by atoms with Gasteiger partial charge >= 0.3 is 0 Å². The maximum absolute atomic E-state index is 13.7. The van der Waals surface area contributed by atoms with Gasteiger partial charge in [-0.3, -0.25) is 0 Å². The van der Waals surface area contributed by atoms with Crippen LogP contribution in [0.1, 0.15) is 16.7 Å². The summed E-state index contributed by atoms with van der Waals surface area (Å²) in [5.74, 6) is 0.584. The lowest BCUT2D eigenvalue weighted by Gasteiger charge is -2.08. The molecule has 0 saturated carbocycles. The highest BCUT2D eigenvalue weighted by molar-refractivity contribution is 5.49. The molecule has 0 saturated heterocycles. The van der Waals surface area contributed by atoms with Crippen LogP contribution in [0, 0.1) is 17.1 Å². The molecule has 3 nitrogen and oxygen atoms in total. The summed E-state index contributed by atoms with van der Waals surface area (Å²) >= 11 is 0. The maximum atomic E-state index is 13.7. The third kappa shape index (κ3) is 2.97. The van der Waals surface area contributed by atoms with Crippen LogP contribution >= 0.6 is 0 Å². The van der Waals surface area contributed by atoms with Gasteiger partial charge < -0.3 is 10.1 Å². The van der Waals surface area contributed by atoms with Gasteiger partial charge in [0.25, 0.3) is 0 Å². The first-order valence-corrected chi connectivity index (χ1v) is 6.94. The molecule has 1 aliphatic rings. The smallest absolute Gasteiger partial charge is 0.147 e. The molecular formula is C17H15FN2O. The third-order valence-corrected chi connectivity index (χ3v) is 3.58. The first kappa shape index (κ1) is 13.4. The molecule has 0 radical (unpaired) electrons. The third-order valence-electron chi connectivity index (χ3n) is 3.58. The summed E-state index contributed by atoms with van der Waals surface area (Å²) in [5, 5.41) is 11.8. The van der Waals surface area contributed by atoms with E-state index in [-0.39, 0.29) is 0 Å². The van der Waals surface area contributed by atoms with Crippen LogP contribution in [0.5, 0.6) is 5.75 Å². The molecule has 0 spiro atoms. The lowest BCUT2D eigenvalue weighted by molar-refractivity contribution is 0.357. The minimum atomic E-state index is -0.392. The Labute approximate surface area is 123 Å². The number of hydrogen-bond acceptors (Lipinski definition) is 3. The molecule has 2 aromatic carbocycles. The van der Waals surface area contributed by atoms with Crippen molar-refractivity contribution < 1.29 is 9.13 Å². The Morgan fingerprint density at radius 3 is 2.95 bits per heavy atom. The minimum Gasteiger partial charge on any atom is -0.493 e. The largest absolute Gasteiger partial charge is 0.493 e. The SMILES string of the molecule is N#Cc1ccc(NCCc2ccc3c(c2)CCO3)c(F)c1. The first-order valence-electron chi connectivity index (χ1n) is 6.94. The molecule has 4 heteroatoms. The number of nitrogens with zero attached hydrogens (tertiary/aromatic N) is 1. The van der Waals surface area contributed by atoms with Crippen LogP contribution in [-0.4, -0.2) is 13.2 Å². The molecular weight excluding hydrogens is 267 g/mol. The van der Waals surface area contributed by atoms with Gasteiger partial charge in [-0.2, -0.15) is 5.26 Å². The quantitative estimate of drug-likeness (QED) is 0.936. The fourth-order valence-electron chi connectivity index (χ4n) is 2.46. The van der Waals surface area contributed by atoms with E-state index >= 15 is 0 Å². The van der Waals surface area contributed by atoms with E-state index in [9.17, 15) is 4.39 Å². The van der Waals surface area contributed by atoms with Crippen molar-refractivity contribution in [3.05, 3.63) is 58.9 Å². The molecule has 0 aliphatic carbocycles. The Hall–Kier alpha value is -2.54. The zero-order valence-electron chi connectivity index (χ0n) is 11.5. The van der Waals surface area contributed by atoms with Crippen molar-refractivity contribution in [2.24, 2.45) is 0 Å². The van der Waals surface area contributed by atoms with E-state index in [2.05, 4.69) is 11.4 Å². The van der Waals surface area contributed by atoms with E-state index in [0.29, 0.717) is 17.8 Å². The Balaban J connectivity index is 1.60. The number of halogens is 1. The standard InChI is InChI=1S/C17H15FN2O/c18-15-10-13(11-19)1-3-16(15)20-7-5-12-2-4-17-14(9-12)6-8-21-17/h1-4,9-10,20H,5-8H2. The predicted octanol–water partition coefficient (Wildman–Crippen LogP) is 3.29. The number of nitrogens with one attached hydrogen (secondary N) is 1. The molecule has 3 rings (SSSR count). The zero-order chi connectivity index (χ0) is 14.7. The van der Waals surface area contributed by atoms with Gasteiger partial charge in [0.2, 0.25) is 0 Å². The topological polar surface area (TPSA) is 45.0 Å². The fourth-order valence-corrected chi connectivity index (χ4v) is 2.46. The van der Waals surface area contributed by atoms with Crippen molar-refractivity contribution >= 4 is 5.69 Å². The molecule has 0 amide bonds. The van der Waals surface area contributed by atoms with Gasteiger partial charge in [0.15, 0.2) is 0 Å². The number of nitriles is 1. The summed E-state index contributed by atoms with van der Waals surface area (Å²) in [6.07, 6.45) is 1.77. The van der Waals surface area contributed by atoms with Crippen LogP contribution in [0.3, 0.4) is 0 Å². The number of fused-ring (bicyclic) bond motifs is 1. The lowest BCUT2D eigenvalue weighted by Crippen LogP contribution is -2.06. The number of anilines is 1. The summed E-state index contributed by atoms with van der Waals surface area (Å²) in [6, 6.07) is 12.6. The van der Waals surface area contributed by atoms with E-state index in [1.54, 1.807) is 12.1 Å². The Morgan fingerprint density at radius 1 is 1.24 bits per heavy atom. The minimum absolute atomic E-state index is 0.330. The van der Waals surface area contributed by atoms with Gasteiger partial charge in [-0.05, 0) is 41.8 Å². The van der Waals surface area contributed by atoms with Crippen molar-refractivity contribution in [2.45, 2.75) is 12.8 Å². The van der Waals surface area contributed by atoms with Crippen LogP contribution in [0.2, 0.25) is 0 Å². The summed E-state index contributed by atoms with van der Waals surface area (Å²) < 4.78 is 19.2. The second-order valence-corrected chi connectivity index (χ2v) is 5.02. The lowest BCUT2D eigenvalue weighted by atomic mass is 10.1. The summed E-state index contributed by atoms with van der Waals surface area (Å²) in [6.45, 7) is 1.40. The molecule has 0 fully saturated rings. The van der Waals surface area contributed by atoms with E-state index in [4.69, 9.17) is 10.00 Å². The Bertz CT molecular complexity index is 706. The van der Waals surface area contributed by atoms with Gasteiger partial charge in [-0.25, -0.2) is 4.39 Å². The van der Waals surface area contributed by atoms with Crippen LogP contribution in [0.4, 0.5) is 10.1 Å². The molecule has 1 aliphatic heterocycles. The Morgan fingerprint density at radius 2 is 2.14 bits per heavy atom.